The average Bonchev–Trinajstić information content (AvgIpc) is 2.81. The molecule has 5 heteroatoms. The molecule has 1 atom stereocenters. The number of hydrogen-bond acceptors (Lipinski definition) is 2. The molecule has 1 aliphatic rings. The van der Waals surface area contributed by atoms with E-state index in [1.54, 1.807) is 0 Å². The highest BCUT2D eigenvalue weighted by atomic mass is 79.9. The normalized spacial score (nSPS) is 18.9. The lowest BCUT2D eigenvalue weighted by molar-refractivity contribution is -0.148. The van der Waals surface area contributed by atoms with Gasteiger partial charge in [0.15, 0.2) is 0 Å². The quantitative estimate of drug-likeness (QED) is 0.929. The number of likely N-dealkylation sites (tertiary alicyclic amines) is 1. The monoisotopic (exact) mass is 311 g/mol. The van der Waals surface area contributed by atoms with Crippen LogP contribution < -0.4 is 0 Å². The van der Waals surface area contributed by atoms with Crippen molar-refractivity contribution in [3.8, 4) is 0 Å². The van der Waals surface area contributed by atoms with Gasteiger partial charge in [0.1, 0.15) is 6.04 Å². The summed E-state index contributed by atoms with van der Waals surface area (Å²) in [7, 11) is 0. The van der Waals surface area contributed by atoms with Crippen LogP contribution in [0.15, 0.2) is 28.7 Å². The Bertz CT molecular complexity index is 458. The first-order valence-electron chi connectivity index (χ1n) is 5.84. The fourth-order valence-electron chi connectivity index (χ4n) is 2.20. The van der Waals surface area contributed by atoms with Gasteiger partial charge >= 0.3 is 5.97 Å². The molecule has 1 amide bonds. The summed E-state index contributed by atoms with van der Waals surface area (Å²) < 4.78 is 0.961. The van der Waals surface area contributed by atoms with Crippen LogP contribution in [-0.2, 0) is 16.0 Å². The Labute approximate surface area is 114 Å². The number of hydrogen-bond donors (Lipinski definition) is 1. The van der Waals surface area contributed by atoms with Gasteiger partial charge in [-0.25, -0.2) is 4.79 Å². The number of aliphatic carboxylic acids is 1. The molecule has 1 aromatic rings. The summed E-state index contributed by atoms with van der Waals surface area (Å²) in [5.74, 6) is -1.01. The van der Waals surface area contributed by atoms with E-state index in [1.165, 1.54) is 4.90 Å². The number of benzene rings is 1. The van der Waals surface area contributed by atoms with E-state index in [2.05, 4.69) is 15.9 Å². The topological polar surface area (TPSA) is 57.6 Å². The Morgan fingerprint density at radius 2 is 2.00 bits per heavy atom. The molecule has 0 unspecified atom stereocenters. The van der Waals surface area contributed by atoms with E-state index < -0.39 is 12.0 Å². The Morgan fingerprint density at radius 3 is 2.61 bits per heavy atom. The zero-order chi connectivity index (χ0) is 13.1. The molecule has 1 aliphatic heterocycles. The molecule has 0 spiro atoms. The fourth-order valence-corrected chi connectivity index (χ4v) is 2.46. The van der Waals surface area contributed by atoms with Crippen molar-refractivity contribution in [2.24, 2.45) is 0 Å². The second-order valence-electron chi connectivity index (χ2n) is 4.39. The van der Waals surface area contributed by atoms with Gasteiger partial charge in [0.05, 0.1) is 6.42 Å². The molecule has 4 nitrogen and oxygen atoms in total. The van der Waals surface area contributed by atoms with Crippen LogP contribution in [0.1, 0.15) is 18.4 Å². The number of carbonyl (C=O) groups excluding carboxylic acids is 1. The molecule has 0 bridgehead atoms. The molecule has 2 rings (SSSR count). The van der Waals surface area contributed by atoms with E-state index in [0.717, 1.165) is 16.5 Å². The van der Waals surface area contributed by atoms with E-state index in [4.69, 9.17) is 5.11 Å². The highest BCUT2D eigenvalue weighted by Crippen LogP contribution is 2.19. The first-order valence-corrected chi connectivity index (χ1v) is 6.64. The van der Waals surface area contributed by atoms with E-state index >= 15 is 0 Å². The molecule has 0 saturated carbocycles. The summed E-state index contributed by atoms with van der Waals surface area (Å²) in [4.78, 5) is 24.6. The zero-order valence-electron chi connectivity index (χ0n) is 9.80. The predicted octanol–water partition coefficient (Wildman–Crippen LogP) is 2.07. The van der Waals surface area contributed by atoms with Gasteiger partial charge in [-0.2, -0.15) is 0 Å². The summed E-state index contributed by atoms with van der Waals surface area (Å²) in [6.45, 7) is 0.548. The molecule has 0 aliphatic carbocycles. The summed E-state index contributed by atoms with van der Waals surface area (Å²) in [6.07, 6.45) is 1.58. The zero-order valence-corrected chi connectivity index (χ0v) is 11.4. The number of rotatable bonds is 3. The van der Waals surface area contributed by atoms with E-state index in [-0.39, 0.29) is 12.3 Å². The molecular formula is C13H14BrNO3. The van der Waals surface area contributed by atoms with Crippen LogP contribution in [0, 0.1) is 0 Å². The summed E-state index contributed by atoms with van der Waals surface area (Å²) >= 11 is 3.33. The van der Waals surface area contributed by atoms with Crippen molar-refractivity contribution in [2.45, 2.75) is 25.3 Å². The highest BCUT2D eigenvalue weighted by molar-refractivity contribution is 9.10. The van der Waals surface area contributed by atoms with Gasteiger partial charge in [-0.1, -0.05) is 28.1 Å². The third-order valence-corrected chi connectivity index (χ3v) is 3.66. The van der Waals surface area contributed by atoms with Gasteiger partial charge in [-0.3, -0.25) is 4.79 Å². The maximum absolute atomic E-state index is 12.1. The van der Waals surface area contributed by atoms with E-state index in [1.807, 2.05) is 24.3 Å². The average molecular weight is 312 g/mol. The number of amides is 1. The number of halogens is 1. The highest BCUT2D eigenvalue weighted by Gasteiger charge is 2.33. The fraction of sp³-hybridized carbons (Fsp3) is 0.385. The molecule has 0 aromatic heterocycles. The molecule has 1 saturated heterocycles. The van der Waals surface area contributed by atoms with Gasteiger partial charge in [-0.15, -0.1) is 0 Å². The third-order valence-electron chi connectivity index (χ3n) is 3.13. The summed E-state index contributed by atoms with van der Waals surface area (Å²) in [6, 6.07) is 6.84. The van der Waals surface area contributed by atoms with Crippen LogP contribution in [0.5, 0.6) is 0 Å². The third kappa shape index (κ3) is 2.90. The van der Waals surface area contributed by atoms with Gasteiger partial charge in [0.25, 0.3) is 0 Å². The van der Waals surface area contributed by atoms with Crippen LogP contribution >= 0.6 is 15.9 Å². The molecular weight excluding hydrogens is 298 g/mol. The van der Waals surface area contributed by atoms with Crippen molar-refractivity contribution in [1.29, 1.82) is 0 Å². The molecule has 1 N–H and O–H groups in total. The Kier molecular flexibility index (Phi) is 4.01. The largest absolute Gasteiger partial charge is 0.480 e. The maximum atomic E-state index is 12.1. The van der Waals surface area contributed by atoms with Crippen molar-refractivity contribution in [2.75, 3.05) is 6.54 Å². The van der Waals surface area contributed by atoms with E-state index in [9.17, 15) is 9.59 Å². The molecule has 1 heterocycles. The lowest BCUT2D eigenvalue weighted by atomic mass is 10.1. The minimum absolute atomic E-state index is 0.109. The number of nitrogens with zero attached hydrogens (tertiary/aromatic N) is 1. The minimum Gasteiger partial charge on any atom is -0.480 e. The van der Waals surface area contributed by atoms with Gasteiger partial charge < -0.3 is 10.0 Å². The Hall–Kier alpha value is -1.36. The Balaban J connectivity index is 2.03. The predicted molar refractivity (Wildman–Crippen MR) is 70.2 cm³/mol. The lowest BCUT2D eigenvalue weighted by Gasteiger charge is -2.21. The second-order valence-corrected chi connectivity index (χ2v) is 5.30. The molecule has 18 heavy (non-hydrogen) atoms. The van der Waals surface area contributed by atoms with Gasteiger partial charge in [-0.05, 0) is 30.5 Å². The van der Waals surface area contributed by atoms with Crippen molar-refractivity contribution in [3.63, 3.8) is 0 Å². The first-order chi connectivity index (χ1) is 8.58. The number of carboxylic acids is 1. The number of carboxylic acid groups (broad SMARTS) is 1. The van der Waals surface area contributed by atoms with Gasteiger partial charge in [0.2, 0.25) is 5.91 Å². The summed E-state index contributed by atoms with van der Waals surface area (Å²) in [5, 5.41) is 9.03. The summed E-state index contributed by atoms with van der Waals surface area (Å²) in [5.41, 5.74) is 0.902. The molecule has 96 valence electrons. The smallest absolute Gasteiger partial charge is 0.326 e. The lowest BCUT2D eigenvalue weighted by Crippen LogP contribution is -2.41. The minimum atomic E-state index is -0.906. The molecule has 1 fully saturated rings. The van der Waals surface area contributed by atoms with Gasteiger partial charge in [0, 0.05) is 11.0 Å². The van der Waals surface area contributed by atoms with Crippen molar-refractivity contribution in [1.82, 2.24) is 4.90 Å². The van der Waals surface area contributed by atoms with Crippen molar-refractivity contribution >= 4 is 27.8 Å². The van der Waals surface area contributed by atoms with Crippen LogP contribution in [0.4, 0.5) is 0 Å². The van der Waals surface area contributed by atoms with Crippen LogP contribution in [-0.4, -0.2) is 34.5 Å². The van der Waals surface area contributed by atoms with Crippen LogP contribution in [0.25, 0.3) is 0 Å². The van der Waals surface area contributed by atoms with E-state index in [0.29, 0.717) is 13.0 Å². The SMILES string of the molecule is O=C(O)[C@H]1CCCN1C(=O)Cc1ccc(Br)cc1. The Morgan fingerprint density at radius 1 is 1.33 bits per heavy atom. The van der Waals surface area contributed by atoms with Crippen LogP contribution in [0.2, 0.25) is 0 Å². The second kappa shape index (κ2) is 5.52. The molecule has 0 radical (unpaired) electrons. The van der Waals surface area contributed by atoms with Crippen molar-refractivity contribution in [3.05, 3.63) is 34.3 Å². The number of carbonyl (C=O) groups is 2. The maximum Gasteiger partial charge on any atom is 0.326 e. The van der Waals surface area contributed by atoms with Crippen LogP contribution in [0.3, 0.4) is 0 Å². The first kappa shape index (κ1) is 13.1. The standard InChI is InChI=1S/C13H14BrNO3/c14-10-5-3-9(4-6-10)8-12(16)15-7-1-2-11(15)13(17)18/h3-6,11H,1-2,7-8H2,(H,17,18)/t11-/m1/s1. The molecule has 1 aromatic carbocycles. The van der Waals surface area contributed by atoms with Crippen molar-refractivity contribution < 1.29 is 14.7 Å².